The molecule has 3 nitrogen and oxygen atoms in total. The number of nitrogen functional groups attached to an aromatic ring is 1. The van der Waals surface area contributed by atoms with Crippen molar-refractivity contribution in [2.24, 2.45) is 5.73 Å². The van der Waals surface area contributed by atoms with Gasteiger partial charge in [0, 0.05) is 16.2 Å². The predicted molar refractivity (Wildman–Crippen MR) is 80.0 cm³/mol. The number of benzene rings is 2. The summed E-state index contributed by atoms with van der Waals surface area (Å²) in [5, 5.41) is 7.43. The molecule has 0 bridgehead atoms. The zero-order valence-electron chi connectivity index (χ0n) is 10.7. The van der Waals surface area contributed by atoms with Crippen LogP contribution in [0, 0.1) is 5.41 Å². The van der Waals surface area contributed by atoms with Crippen LogP contribution in [0.1, 0.15) is 11.1 Å². The average Bonchev–Trinajstić information content (AvgIpc) is 2.46. The third-order valence-corrected chi connectivity index (χ3v) is 3.79. The molecule has 0 atom stereocenters. The number of thioether (sulfide) groups is 1. The molecule has 0 spiro atoms. The number of nitrogens with one attached hydrogen (secondary N) is 1. The Morgan fingerprint density at radius 2 is 1.95 bits per heavy atom. The van der Waals surface area contributed by atoms with Gasteiger partial charge in [0.2, 0.25) is 0 Å². The minimum absolute atomic E-state index is 0.108. The first kappa shape index (κ1) is 13.5. The van der Waals surface area contributed by atoms with E-state index in [1.165, 1.54) is 4.90 Å². The molecule has 0 saturated heterocycles. The van der Waals surface area contributed by atoms with Crippen LogP contribution in [0.2, 0.25) is 0 Å². The number of hydrogen-bond acceptors (Lipinski definition) is 3. The van der Waals surface area contributed by atoms with Crippen molar-refractivity contribution in [3.63, 3.8) is 0 Å². The highest BCUT2D eigenvalue weighted by atomic mass is 32.2. The Kier molecular flexibility index (Phi) is 4.47. The zero-order chi connectivity index (χ0) is 13.7. The van der Waals surface area contributed by atoms with Gasteiger partial charge in [-0.2, -0.15) is 0 Å². The third-order valence-electron chi connectivity index (χ3n) is 2.70. The normalized spacial score (nSPS) is 10.2. The highest BCUT2D eigenvalue weighted by molar-refractivity contribution is 7.98. The summed E-state index contributed by atoms with van der Waals surface area (Å²) in [6, 6.07) is 15.8. The maximum absolute atomic E-state index is 7.43. The van der Waals surface area contributed by atoms with Crippen LogP contribution in [0.3, 0.4) is 0 Å². The first-order chi connectivity index (χ1) is 9.19. The van der Waals surface area contributed by atoms with Crippen molar-refractivity contribution in [3.05, 3.63) is 59.7 Å². The summed E-state index contributed by atoms with van der Waals surface area (Å²) >= 11 is 1.75. The molecule has 0 heterocycles. The van der Waals surface area contributed by atoms with E-state index >= 15 is 0 Å². The van der Waals surface area contributed by atoms with Gasteiger partial charge in [0.05, 0.1) is 7.11 Å². The molecular formula is C15H16N2OS. The Balaban J connectivity index is 2.01. The second-order valence-electron chi connectivity index (χ2n) is 4.08. The molecule has 0 aliphatic carbocycles. The molecule has 4 heteroatoms. The van der Waals surface area contributed by atoms with Crippen LogP contribution >= 0.6 is 11.8 Å². The van der Waals surface area contributed by atoms with Gasteiger partial charge in [-0.1, -0.05) is 18.2 Å². The fourth-order valence-corrected chi connectivity index (χ4v) is 2.51. The summed E-state index contributed by atoms with van der Waals surface area (Å²) in [5.41, 5.74) is 7.42. The van der Waals surface area contributed by atoms with Crippen molar-refractivity contribution >= 4 is 17.6 Å². The quantitative estimate of drug-likeness (QED) is 0.499. The van der Waals surface area contributed by atoms with Gasteiger partial charge in [0.1, 0.15) is 11.6 Å². The van der Waals surface area contributed by atoms with Crippen molar-refractivity contribution in [1.82, 2.24) is 0 Å². The van der Waals surface area contributed by atoms with Gasteiger partial charge in [0.15, 0.2) is 0 Å². The molecule has 0 aromatic heterocycles. The molecule has 2 rings (SSSR count). The summed E-state index contributed by atoms with van der Waals surface area (Å²) in [6.45, 7) is 0. The first-order valence-electron chi connectivity index (χ1n) is 5.89. The van der Waals surface area contributed by atoms with Crippen molar-refractivity contribution in [1.29, 1.82) is 5.41 Å². The summed E-state index contributed by atoms with van der Waals surface area (Å²) in [6.07, 6.45) is 0. The molecule has 0 aliphatic heterocycles. The zero-order valence-corrected chi connectivity index (χ0v) is 11.5. The van der Waals surface area contributed by atoms with Crippen LogP contribution in [-0.2, 0) is 5.75 Å². The van der Waals surface area contributed by atoms with Gasteiger partial charge in [-0.15, -0.1) is 11.8 Å². The molecule has 19 heavy (non-hydrogen) atoms. The topological polar surface area (TPSA) is 59.1 Å². The van der Waals surface area contributed by atoms with E-state index in [0.717, 1.165) is 22.6 Å². The van der Waals surface area contributed by atoms with E-state index in [9.17, 15) is 0 Å². The van der Waals surface area contributed by atoms with Gasteiger partial charge >= 0.3 is 0 Å². The molecule has 0 saturated carbocycles. The van der Waals surface area contributed by atoms with Crippen molar-refractivity contribution in [2.75, 3.05) is 7.11 Å². The molecule has 0 aliphatic rings. The van der Waals surface area contributed by atoms with Gasteiger partial charge in [0.25, 0.3) is 0 Å². The van der Waals surface area contributed by atoms with E-state index < -0.39 is 0 Å². The summed E-state index contributed by atoms with van der Waals surface area (Å²) in [5.74, 6) is 1.83. The Morgan fingerprint density at radius 1 is 1.21 bits per heavy atom. The monoisotopic (exact) mass is 272 g/mol. The molecule has 0 unspecified atom stereocenters. The van der Waals surface area contributed by atoms with E-state index in [2.05, 4.69) is 0 Å². The van der Waals surface area contributed by atoms with Crippen molar-refractivity contribution in [3.8, 4) is 5.75 Å². The molecule has 98 valence electrons. The number of nitrogens with two attached hydrogens (primary N) is 1. The van der Waals surface area contributed by atoms with Gasteiger partial charge in [-0.3, -0.25) is 5.41 Å². The summed E-state index contributed by atoms with van der Waals surface area (Å²) in [4.78, 5) is 1.19. The molecule has 0 amide bonds. The van der Waals surface area contributed by atoms with Crippen LogP contribution in [0.15, 0.2) is 53.4 Å². The molecule has 2 aromatic rings. The Morgan fingerprint density at radius 3 is 2.58 bits per heavy atom. The molecule has 3 N–H and O–H groups in total. The van der Waals surface area contributed by atoms with E-state index in [0.29, 0.717) is 0 Å². The number of amidine groups is 1. The first-order valence-corrected chi connectivity index (χ1v) is 6.88. The number of rotatable bonds is 5. The summed E-state index contributed by atoms with van der Waals surface area (Å²) in [7, 11) is 1.66. The maximum Gasteiger partial charge on any atom is 0.122 e. The smallest absolute Gasteiger partial charge is 0.122 e. The lowest BCUT2D eigenvalue weighted by molar-refractivity contribution is 0.414. The van der Waals surface area contributed by atoms with Gasteiger partial charge < -0.3 is 10.5 Å². The molecule has 0 fully saturated rings. The second-order valence-corrected chi connectivity index (χ2v) is 5.13. The Bertz CT molecular complexity index is 567. The van der Waals surface area contributed by atoms with Crippen LogP contribution in [0.25, 0.3) is 0 Å². The van der Waals surface area contributed by atoms with Crippen LogP contribution in [0.4, 0.5) is 0 Å². The van der Waals surface area contributed by atoms with Gasteiger partial charge in [-0.25, -0.2) is 0 Å². The van der Waals surface area contributed by atoms with Gasteiger partial charge in [-0.05, 0) is 35.9 Å². The van der Waals surface area contributed by atoms with E-state index in [4.69, 9.17) is 15.9 Å². The van der Waals surface area contributed by atoms with Crippen molar-refractivity contribution in [2.45, 2.75) is 10.6 Å². The maximum atomic E-state index is 7.43. The lowest BCUT2D eigenvalue weighted by Crippen LogP contribution is -2.10. The second kappa shape index (κ2) is 6.29. The van der Waals surface area contributed by atoms with Crippen LogP contribution in [0.5, 0.6) is 5.75 Å². The summed E-state index contributed by atoms with van der Waals surface area (Å²) < 4.78 is 5.13. The molecule has 2 aromatic carbocycles. The van der Waals surface area contributed by atoms with Crippen molar-refractivity contribution < 1.29 is 4.74 Å². The molecular weight excluding hydrogens is 256 g/mol. The predicted octanol–water partition coefficient (Wildman–Crippen LogP) is 3.27. The third kappa shape index (κ3) is 3.76. The van der Waals surface area contributed by atoms with E-state index in [1.807, 2.05) is 48.5 Å². The number of ether oxygens (including phenoxy) is 1. The Labute approximate surface area is 117 Å². The fraction of sp³-hybridized carbons (Fsp3) is 0.133. The van der Waals surface area contributed by atoms with Crippen LogP contribution < -0.4 is 10.5 Å². The highest BCUT2D eigenvalue weighted by Crippen LogP contribution is 2.25. The SMILES string of the molecule is COc1ccc(SCc2cccc(C(=N)N)c2)cc1. The van der Waals surface area contributed by atoms with E-state index in [1.54, 1.807) is 18.9 Å². The minimum Gasteiger partial charge on any atom is -0.497 e. The standard InChI is InChI=1S/C15H16N2OS/c1-18-13-5-7-14(8-6-13)19-10-11-3-2-4-12(9-11)15(16)17/h2-9H,10H2,1H3,(H3,16,17). The fourth-order valence-electron chi connectivity index (χ4n) is 1.67. The minimum atomic E-state index is 0.108. The highest BCUT2D eigenvalue weighted by Gasteiger charge is 2.00. The average molecular weight is 272 g/mol. The lowest BCUT2D eigenvalue weighted by Gasteiger charge is -2.05. The number of methoxy groups -OCH3 is 1. The van der Waals surface area contributed by atoms with Crippen LogP contribution in [-0.4, -0.2) is 12.9 Å². The molecule has 0 radical (unpaired) electrons. The Hall–Kier alpha value is -1.94. The van der Waals surface area contributed by atoms with E-state index in [-0.39, 0.29) is 5.84 Å². The number of hydrogen-bond donors (Lipinski definition) is 2. The lowest BCUT2D eigenvalue weighted by atomic mass is 10.1. The largest absolute Gasteiger partial charge is 0.497 e.